The molecule has 4 aromatic rings. The minimum Gasteiger partial charge on any atom is -0.508 e. The molecule has 0 aromatic heterocycles. The Morgan fingerprint density at radius 1 is 0.722 bits per heavy atom. The van der Waals surface area contributed by atoms with Gasteiger partial charge in [0, 0.05) is 22.8 Å². The Kier molecular flexibility index (Phi) is 7.95. The van der Waals surface area contributed by atoms with E-state index in [1.807, 2.05) is 0 Å². The maximum atomic E-state index is 14.9. The van der Waals surface area contributed by atoms with Crippen molar-refractivity contribution in [2.75, 3.05) is 6.61 Å². The molecule has 0 heterocycles. The average molecular weight is 491 g/mol. The third-order valence-electron chi connectivity index (χ3n) is 5.67. The Balaban J connectivity index is 1.41. The van der Waals surface area contributed by atoms with Crippen LogP contribution < -0.4 is 9.47 Å². The second kappa shape index (κ2) is 11.5. The van der Waals surface area contributed by atoms with Gasteiger partial charge in [0.2, 0.25) is 0 Å². The number of hydrogen-bond acceptors (Lipinski definition) is 3. The number of phenolic OH excluding ortho intramolecular Hbond substituents is 1. The van der Waals surface area contributed by atoms with E-state index in [1.165, 1.54) is 42.5 Å². The normalized spacial score (nSPS) is 10.8. The predicted molar refractivity (Wildman–Crippen MR) is 135 cm³/mol. The molecule has 0 aliphatic heterocycles. The van der Waals surface area contributed by atoms with Crippen LogP contribution in [0, 0.1) is 17.5 Å². The van der Waals surface area contributed by atoms with E-state index in [0.717, 1.165) is 12.8 Å². The van der Waals surface area contributed by atoms with Gasteiger partial charge in [-0.2, -0.15) is 0 Å². The lowest BCUT2D eigenvalue weighted by Gasteiger charge is -2.11. The molecule has 184 valence electrons. The van der Waals surface area contributed by atoms with Crippen molar-refractivity contribution in [3.63, 3.8) is 0 Å². The molecule has 0 unspecified atom stereocenters. The highest BCUT2D eigenvalue weighted by atomic mass is 19.2. The van der Waals surface area contributed by atoms with Crippen LogP contribution >= 0.6 is 0 Å². The lowest BCUT2D eigenvalue weighted by molar-refractivity contribution is 0.295. The molecule has 3 nitrogen and oxygen atoms in total. The van der Waals surface area contributed by atoms with E-state index in [2.05, 4.69) is 6.58 Å². The first-order valence-corrected chi connectivity index (χ1v) is 11.5. The van der Waals surface area contributed by atoms with Crippen molar-refractivity contribution < 1.29 is 27.8 Å². The molecule has 0 saturated carbocycles. The minimum atomic E-state index is -0.970. The first-order chi connectivity index (χ1) is 17.5. The molecule has 1 N–H and O–H groups in total. The number of hydrogen-bond donors (Lipinski definition) is 1. The van der Waals surface area contributed by atoms with E-state index in [-0.39, 0.29) is 23.5 Å². The molecule has 0 aliphatic carbocycles. The predicted octanol–water partition coefficient (Wildman–Crippen LogP) is 8.07. The minimum absolute atomic E-state index is 0.00619. The van der Waals surface area contributed by atoms with Crippen LogP contribution in [0.5, 0.6) is 17.2 Å². The summed E-state index contributed by atoms with van der Waals surface area (Å²) in [5.74, 6) is -1.41. The van der Waals surface area contributed by atoms with Crippen molar-refractivity contribution in [2.45, 2.75) is 19.4 Å². The number of allylic oxidation sites excluding steroid dienone is 1. The number of benzene rings is 4. The topological polar surface area (TPSA) is 38.7 Å². The van der Waals surface area contributed by atoms with Crippen molar-refractivity contribution in [3.8, 4) is 39.5 Å². The molecule has 0 fully saturated rings. The number of unbranched alkanes of at least 4 members (excludes halogenated alkanes) is 1. The zero-order valence-electron chi connectivity index (χ0n) is 19.5. The van der Waals surface area contributed by atoms with Crippen molar-refractivity contribution in [1.29, 1.82) is 0 Å². The number of rotatable bonds is 10. The van der Waals surface area contributed by atoms with Crippen LogP contribution in [-0.4, -0.2) is 11.7 Å². The molecule has 0 spiro atoms. The van der Waals surface area contributed by atoms with Crippen LogP contribution in [0.4, 0.5) is 13.2 Å². The van der Waals surface area contributed by atoms with Crippen molar-refractivity contribution in [2.24, 2.45) is 0 Å². The van der Waals surface area contributed by atoms with Crippen molar-refractivity contribution >= 4 is 0 Å². The highest BCUT2D eigenvalue weighted by Gasteiger charge is 2.16. The van der Waals surface area contributed by atoms with Gasteiger partial charge >= 0.3 is 0 Å². The van der Waals surface area contributed by atoms with Crippen LogP contribution in [0.15, 0.2) is 91.5 Å². The maximum absolute atomic E-state index is 14.9. The summed E-state index contributed by atoms with van der Waals surface area (Å²) in [5, 5.41) is 9.41. The monoisotopic (exact) mass is 490 g/mol. The van der Waals surface area contributed by atoms with Gasteiger partial charge in [-0.25, -0.2) is 13.2 Å². The molecule has 0 bridgehead atoms. The molecule has 0 aliphatic rings. The van der Waals surface area contributed by atoms with E-state index in [4.69, 9.17) is 9.47 Å². The Morgan fingerprint density at radius 2 is 1.31 bits per heavy atom. The standard InChI is InChI=1S/C30H25F3O3/c1-2-3-4-17-35-25-14-9-22(28(31)18-25)19-36-24-12-7-21(8-13-24)27-16-15-26(29(32)30(27)33)20-5-10-23(34)11-6-20/h2,5-16,18,34H,1,3-4,17,19H2. The summed E-state index contributed by atoms with van der Waals surface area (Å²) in [7, 11) is 0. The Bertz CT molecular complexity index is 1330. The Labute approximate surface area is 208 Å². The van der Waals surface area contributed by atoms with E-state index >= 15 is 0 Å². The summed E-state index contributed by atoms with van der Waals surface area (Å²) < 4.78 is 55.2. The van der Waals surface area contributed by atoms with Gasteiger partial charge in [0.15, 0.2) is 11.6 Å². The fraction of sp³-hybridized carbons (Fsp3) is 0.133. The fourth-order valence-electron chi connectivity index (χ4n) is 3.68. The summed E-state index contributed by atoms with van der Waals surface area (Å²) in [6.07, 6.45) is 3.45. The summed E-state index contributed by atoms with van der Waals surface area (Å²) in [6.45, 7) is 4.14. The lowest BCUT2D eigenvalue weighted by Crippen LogP contribution is -2.01. The molecule has 6 heteroatoms. The summed E-state index contributed by atoms with van der Waals surface area (Å²) in [4.78, 5) is 0. The van der Waals surface area contributed by atoms with E-state index in [1.54, 1.807) is 42.5 Å². The SMILES string of the molecule is C=CCCCOc1ccc(COc2ccc(-c3ccc(-c4ccc(O)cc4)c(F)c3F)cc2)c(F)c1. The highest BCUT2D eigenvalue weighted by molar-refractivity contribution is 5.72. The second-order valence-electron chi connectivity index (χ2n) is 8.18. The average Bonchev–Trinajstić information content (AvgIpc) is 2.89. The van der Waals surface area contributed by atoms with Crippen LogP contribution in [0.25, 0.3) is 22.3 Å². The summed E-state index contributed by atoms with van der Waals surface area (Å²) in [6, 6.07) is 20.0. The molecule has 4 rings (SSSR count). The Hall–Kier alpha value is -4.19. The number of aromatic hydroxyl groups is 1. The summed E-state index contributed by atoms with van der Waals surface area (Å²) in [5.41, 5.74) is 1.51. The zero-order valence-corrected chi connectivity index (χ0v) is 19.5. The van der Waals surface area contributed by atoms with Crippen LogP contribution in [-0.2, 0) is 6.61 Å². The highest BCUT2D eigenvalue weighted by Crippen LogP contribution is 2.33. The van der Waals surface area contributed by atoms with Crippen molar-refractivity contribution in [1.82, 2.24) is 0 Å². The number of phenols is 1. The lowest BCUT2D eigenvalue weighted by atomic mass is 9.98. The van der Waals surface area contributed by atoms with Gasteiger partial charge in [0.25, 0.3) is 0 Å². The molecular formula is C30H25F3O3. The second-order valence-corrected chi connectivity index (χ2v) is 8.18. The number of ether oxygens (including phenoxy) is 2. The van der Waals surface area contributed by atoms with E-state index < -0.39 is 17.5 Å². The maximum Gasteiger partial charge on any atom is 0.167 e. The smallest absolute Gasteiger partial charge is 0.167 e. The largest absolute Gasteiger partial charge is 0.508 e. The molecule has 0 amide bonds. The molecule has 0 atom stereocenters. The van der Waals surface area contributed by atoms with Gasteiger partial charge in [-0.15, -0.1) is 6.58 Å². The molecule has 36 heavy (non-hydrogen) atoms. The first-order valence-electron chi connectivity index (χ1n) is 11.5. The third kappa shape index (κ3) is 5.89. The number of halogens is 3. The van der Waals surface area contributed by atoms with E-state index in [0.29, 0.717) is 34.8 Å². The molecule has 0 radical (unpaired) electrons. The molecule has 0 saturated heterocycles. The van der Waals surface area contributed by atoms with Gasteiger partial charge in [-0.05, 0) is 60.4 Å². The van der Waals surface area contributed by atoms with Crippen LogP contribution in [0.1, 0.15) is 18.4 Å². The van der Waals surface area contributed by atoms with Gasteiger partial charge < -0.3 is 14.6 Å². The van der Waals surface area contributed by atoms with Crippen LogP contribution in [0.3, 0.4) is 0 Å². The van der Waals surface area contributed by atoms with Gasteiger partial charge in [0.1, 0.15) is 29.7 Å². The third-order valence-corrected chi connectivity index (χ3v) is 5.67. The van der Waals surface area contributed by atoms with Gasteiger partial charge in [-0.1, -0.05) is 42.5 Å². The fourth-order valence-corrected chi connectivity index (χ4v) is 3.68. The quantitative estimate of drug-likeness (QED) is 0.180. The van der Waals surface area contributed by atoms with Crippen LogP contribution in [0.2, 0.25) is 0 Å². The first kappa shape index (κ1) is 24.9. The van der Waals surface area contributed by atoms with Crippen molar-refractivity contribution in [3.05, 3.63) is 115 Å². The zero-order chi connectivity index (χ0) is 25.5. The summed E-state index contributed by atoms with van der Waals surface area (Å²) >= 11 is 0. The molecular weight excluding hydrogens is 465 g/mol. The molecule has 4 aromatic carbocycles. The van der Waals surface area contributed by atoms with Gasteiger partial charge in [0.05, 0.1) is 6.61 Å². The Morgan fingerprint density at radius 3 is 1.89 bits per heavy atom. The van der Waals surface area contributed by atoms with E-state index in [9.17, 15) is 18.3 Å². The van der Waals surface area contributed by atoms with Gasteiger partial charge in [-0.3, -0.25) is 0 Å².